The Hall–Kier alpha value is -0.220. The van der Waals surface area contributed by atoms with Crippen molar-refractivity contribution >= 4 is 23.4 Å². The summed E-state index contributed by atoms with van der Waals surface area (Å²) in [7, 11) is 0. The van der Waals surface area contributed by atoms with Gasteiger partial charge in [0, 0.05) is 11.1 Å². The molecule has 0 aliphatic heterocycles. The molecule has 78 valence electrons. The molecule has 0 aromatic heterocycles. The zero-order valence-electron chi connectivity index (χ0n) is 8.16. The maximum absolute atomic E-state index is 5.91. The van der Waals surface area contributed by atoms with E-state index in [1.54, 1.807) is 0 Å². The van der Waals surface area contributed by atoms with Gasteiger partial charge in [-0.2, -0.15) is 11.8 Å². The summed E-state index contributed by atoms with van der Waals surface area (Å²) < 4.78 is 0. The molecule has 1 rings (SSSR count). The lowest BCUT2D eigenvalue weighted by atomic mass is 10.1. The van der Waals surface area contributed by atoms with E-state index in [9.17, 15) is 0 Å². The molecule has 0 saturated heterocycles. The molecule has 2 nitrogen and oxygen atoms in total. The van der Waals surface area contributed by atoms with E-state index < -0.39 is 0 Å². The number of nitrogens with one attached hydrogen (secondary N) is 1. The third-order valence-corrected chi connectivity index (χ3v) is 2.94. The molecule has 1 aromatic carbocycles. The van der Waals surface area contributed by atoms with Crippen LogP contribution in [0.1, 0.15) is 18.0 Å². The number of halogens is 1. The fourth-order valence-electron chi connectivity index (χ4n) is 1.31. The van der Waals surface area contributed by atoms with E-state index in [0.29, 0.717) is 0 Å². The molecule has 0 amide bonds. The molecular weight excluding hydrogens is 216 g/mol. The number of hydrazine groups is 1. The second-order valence-electron chi connectivity index (χ2n) is 3.06. The van der Waals surface area contributed by atoms with Crippen molar-refractivity contribution in [3.8, 4) is 0 Å². The van der Waals surface area contributed by atoms with E-state index in [2.05, 4.69) is 11.7 Å². The summed E-state index contributed by atoms with van der Waals surface area (Å²) in [6.45, 7) is 0. The first-order valence-corrected chi connectivity index (χ1v) is 6.25. The fourth-order valence-corrected chi connectivity index (χ4v) is 1.98. The third-order valence-electron chi connectivity index (χ3n) is 2.06. The van der Waals surface area contributed by atoms with E-state index in [0.717, 1.165) is 22.8 Å². The highest BCUT2D eigenvalue weighted by Crippen LogP contribution is 2.20. The van der Waals surface area contributed by atoms with Crippen LogP contribution in [0.2, 0.25) is 5.02 Å². The lowest BCUT2D eigenvalue weighted by Crippen LogP contribution is -2.28. The van der Waals surface area contributed by atoms with Gasteiger partial charge in [0.15, 0.2) is 0 Å². The van der Waals surface area contributed by atoms with Crippen molar-refractivity contribution < 1.29 is 0 Å². The predicted molar refractivity (Wildman–Crippen MR) is 64.5 cm³/mol. The molecule has 1 unspecified atom stereocenters. The van der Waals surface area contributed by atoms with Gasteiger partial charge in [-0.1, -0.05) is 23.7 Å². The van der Waals surface area contributed by atoms with Gasteiger partial charge in [-0.15, -0.1) is 0 Å². The minimum atomic E-state index is 0.196. The monoisotopic (exact) mass is 230 g/mol. The van der Waals surface area contributed by atoms with Gasteiger partial charge >= 0.3 is 0 Å². The number of benzene rings is 1. The zero-order valence-corrected chi connectivity index (χ0v) is 9.74. The zero-order chi connectivity index (χ0) is 10.4. The third kappa shape index (κ3) is 3.50. The number of hydrogen-bond donors (Lipinski definition) is 2. The van der Waals surface area contributed by atoms with Crippen LogP contribution in [-0.4, -0.2) is 12.0 Å². The topological polar surface area (TPSA) is 38.0 Å². The molecule has 0 aliphatic rings. The van der Waals surface area contributed by atoms with Crippen LogP contribution >= 0.6 is 23.4 Å². The highest BCUT2D eigenvalue weighted by atomic mass is 35.5. The first-order chi connectivity index (χ1) is 6.77. The Bertz CT molecular complexity index is 281. The van der Waals surface area contributed by atoms with Gasteiger partial charge < -0.3 is 0 Å². The van der Waals surface area contributed by atoms with E-state index in [1.165, 1.54) is 0 Å². The molecule has 0 heterocycles. The highest BCUT2D eigenvalue weighted by Gasteiger charge is 2.08. The van der Waals surface area contributed by atoms with Gasteiger partial charge in [0.1, 0.15) is 0 Å². The molecule has 1 aromatic rings. The Morgan fingerprint density at radius 1 is 1.57 bits per heavy atom. The summed E-state index contributed by atoms with van der Waals surface area (Å²) in [5.74, 6) is 6.58. The molecule has 0 bridgehead atoms. The van der Waals surface area contributed by atoms with Crippen molar-refractivity contribution in [2.45, 2.75) is 12.5 Å². The van der Waals surface area contributed by atoms with Crippen molar-refractivity contribution in [3.05, 3.63) is 34.9 Å². The lowest BCUT2D eigenvalue weighted by Gasteiger charge is -2.15. The highest BCUT2D eigenvalue weighted by molar-refractivity contribution is 7.98. The SMILES string of the molecule is CSCCC(NN)c1cccc(Cl)c1. The molecule has 0 spiro atoms. The Kier molecular flexibility index (Phi) is 5.33. The van der Waals surface area contributed by atoms with Gasteiger partial charge in [-0.3, -0.25) is 11.3 Å². The van der Waals surface area contributed by atoms with E-state index in [-0.39, 0.29) is 6.04 Å². The molecule has 14 heavy (non-hydrogen) atoms. The normalized spacial score (nSPS) is 12.8. The second-order valence-corrected chi connectivity index (χ2v) is 4.48. The van der Waals surface area contributed by atoms with Crippen LogP contribution in [0.4, 0.5) is 0 Å². The second kappa shape index (κ2) is 6.30. The van der Waals surface area contributed by atoms with Crippen molar-refractivity contribution in [2.24, 2.45) is 5.84 Å². The van der Waals surface area contributed by atoms with Crippen LogP contribution in [0.15, 0.2) is 24.3 Å². The predicted octanol–water partition coefficient (Wildman–Crippen LogP) is 2.60. The number of nitrogens with two attached hydrogens (primary N) is 1. The average Bonchev–Trinajstić information content (AvgIpc) is 2.19. The maximum Gasteiger partial charge on any atom is 0.0468 e. The smallest absolute Gasteiger partial charge is 0.0468 e. The summed E-state index contributed by atoms with van der Waals surface area (Å²) in [5, 5.41) is 0.756. The minimum Gasteiger partial charge on any atom is -0.271 e. The summed E-state index contributed by atoms with van der Waals surface area (Å²) in [4.78, 5) is 0. The maximum atomic E-state index is 5.91. The van der Waals surface area contributed by atoms with Crippen molar-refractivity contribution in [1.82, 2.24) is 5.43 Å². The van der Waals surface area contributed by atoms with Gasteiger partial charge in [0.05, 0.1) is 0 Å². The first kappa shape index (κ1) is 11.9. The van der Waals surface area contributed by atoms with Crippen molar-refractivity contribution in [1.29, 1.82) is 0 Å². The molecule has 0 saturated carbocycles. The average molecular weight is 231 g/mol. The lowest BCUT2D eigenvalue weighted by molar-refractivity contribution is 0.543. The van der Waals surface area contributed by atoms with Crippen LogP contribution in [0.5, 0.6) is 0 Å². The first-order valence-electron chi connectivity index (χ1n) is 4.48. The molecule has 4 heteroatoms. The molecular formula is C10H15ClN2S. The van der Waals surface area contributed by atoms with Crippen LogP contribution in [0.3, 0.4) is 0 Å². The van der Waals surface area contributed by atoms with Crippen LogP contribution in [-0.2, 0) is 0 Å². The molecule has 0 fully saturated rings. The van der Waals surface area contributed by atoms with Crippen LogP contribution in [0, 0.1) is 0 Å². The summed E-state index contributed by atoms with van der Waals surface area (Å²) in [6, 6.07) is 8.00. The molecule has 0 aliphatic carbocycles. The number of thioether (sulfide) groups is 1. The number of hydrogen-bond acceptors (Lipinski definition) is 3. The Labute approximate surface area is 94.2 Å². The molecule has 1 atom stereocenters. The van der Waals surface area contributed by atoms with Gasteiger partial charge in [-0.05, 0) is 36.1 Å². The van der Waals surface area contributed by atoms with Crippen LogP contribution < -0.4 is 11.3 Å². The molecule has 0 radical (unpaired) electrons. The van der Waals surface area contributed by atoms with E-state index in [4.69, 9.17) is 17.4 Å². The standard InChI is InChI=1S/C10H15ClN2S/c1-14-6-5-10(13-12)8-3-2-4-9(11)7-8/h2-4,7,10,13H,5-6,12H2,1H3. The van der Waals surface area contributed by atoms with E-state index >= 15 is 0 Å². The minimum absolute atomic E-state index is 0.196. The van der Waals surface area contributed by atoms with Crippen molar-refractivity contribution in [2.75, 3.05) is 12.0 Å². The summed E-state index contributed by atoms with van der Waals surface area (Å²) in [5.41, 5.74) is 3.96. The summed E-state index contributed by atoms with van der Waals surface area (Å²) >= 11 is 7.72. The molecule has 3 N–H and O–H groups in total. The van der Waals surface area contributed by atoms with E-state index in [1.807, 2.05) is 36.0 Å². The Morgan fingerprint density at radius 3 is 2.93 bits per heavy atom. The van der Waals surface area contributed by atoms with Gasteiger partial charge in [0.25, 0.3) is 0 Å². The summed E-state index contributed by atoms with van der Waals surface area (Å²) in [6.07, 6.45) is 3.10. The van der Waals surface area contributed by atoms with Gasteiger partial charge in [-0.25, -0.2) is 0 Å². The van der Waals surface area contributed by atoms with Crippen LogP contribution in [0.25, 0.3) is 0 Å². The number of rotatable bonds is 5. The Morgan fingerprint density at radius 2 is 2.36 bits per heavy atom. The fraction of sp³-hybridized carbons (Fsp3) is 0.400. The Balaban J connectivity index is 2.68. The van der Waals surface area contributed by atoms with Crippen molar-refractivity contribution in [3.63, 3.8) is 0 Å². The van der Waals surface area contributed by atoms with Gasteiger partial charge in [0.2, 0.25) is 0 Å². The quantitative estimate of drug-likeness (QED) is 0.603. The largest absolute Gasteiger partial charge is 0.271 e.